The molecule has 2 aromatic rings. The molecule has 6 heteroatoms. The molecule has 0 atom stereocenters. The van der Waals surface area contributed by atoms with E-state index in [0.717, 1.165) is 21.7 Å². The van der Waals surface area contributed by atoms with E-state index in [1.54, 1.807) is 6.20 Å². The molecule has 1 aliphatic rings. The summed E-state index contributed by atoms with van der Waals surface area (Å²) in [5, 5.41) is 5.51. The van der Waals surface area contributed by atoms with Gasteiger partial charge in [0, 0.05) is 25.2 Å². The molecule has 0 saturated heterocycles. The second-order valence-corrected chi connectivity index (χ2v) is 5.87. The molecule has 2 heterocycles. The third kappa shape index (κ3) is 3.16. The topological polar surface area (TPSA) is 50.7 Å². The molecule has 19 heavy (non-hydrogen) atoms. The summed E-state index contributed by atoms with van der Waals surface area (Å²) >= 11 is 7.35. The minimum absolute atomic E-state index is 0.533. The van der Waals surface area contributed by atoms with Crippen molar-refractivity contribution < 1.29 is 0 Å². The molecule has 1 aliphatic carbocycles. The first-order chi connectivity index (χ1) is 9.24. The Kier molecular flexibility index (Phi) is 3.57. The number of halogens is 1. The molecule has 2 aromatic heterocycles. The van der Waals surface area contributed by atoms with Crippen LogP contribution in [-0.2, 0) is 0 Å². The zero-order valence-corrected chi connectivity index (χ0v) is 12.0. The summed E-state index contributed by atoms with van der Waals surface area (Å²) < 4.78 is 0. The number of hydrogen-bond donors (Lipinski definition) is 1. The van der Waals surface area contributed by atoms with E-state index in [1.165, 1.54) is 24.6 Å². The van der Waals surface area contributed by atoms with Crippen molar-refractivity contribution >= 4 is 29.2 Å². The molecule has 1 N–H and O–H groups in total. The standard InChI is InChI=1S/C13H13ClN4S/c1-15-10-6-12(18-13(17-10)8-2-3-8)19-11-5-4-9(14)7-16-11/h4-8H,2-3H2,1H3,(H,15,17,18). The largest absolute Gasteiger partial charge is 0.373 e. The maximum absolute atomic E-state index is 5.83. The van der Waals surface area contributed by atoms with E-state index in [9.17, 15) is 0 Å². The Morgan fingerprint density at radius 2 is 2.11 bits per heavy atom. The Bertz CT molecular complexity index is 584. The van der Waals surface area contributed by atoms with Crippen molar-refractivity contribution in [3.05, 3.63) is 35.2 Å². The fourth-order valence-electron chi connectivity index (χ4n) is 1.68. The van der Waals surface area contributed by atoms with Gasteiger partial charge in [0.2, 0.25) is 0 Å². The lowest BCUT2D eigenvalue weighted by Gasteiger charge is -2.06. The third-order valence-corrected chi connectivity index (χ3v) is 3.92. The maximum atomic E-state index is 5.83. The van der Waals surface area contributed by atoms with E-state index in [1.807, 2.05) is 25.2 Å². The van der Waals surface area contributed by atoms with Crippen molar-refractivity contribution in [1.29, 1.82) is 0 Å². The lowest BCUT2D eigenvalue weighted by molar-refractivity contribution is 0.879. The number of nitrogens with zero attached hydrogens (tertiary/aromatic N) is 3. The van der Waals surface area contributed by atoms with Gasteiger partial charge in [0.25, 0.3) is 0 Å². The Labute approximate surface area is 121 Å². The Morgan fingerprint density at radius 1 is 1.26 bits per heavy atom. The Morgan fingerprint density at radius 3 is 2.74 bits per heavy atom. The van der Waals surface area contributed by atoms with E-state index < -0.39 is 0 Å². The van der Waals surface area contributed by atoms with Crippen molar-refractivity contribution in [2.75, 3.05) is 12.4 Å². The number of anilines is 1. The van der Waals surface area contributed by atoms with Crippen LogP contribution < -0.4 is 5.32 Å². The van der Waals surface area contributed by atoms with Crippen LogP contribution in [-0.4, -0.2) is 22.0 Å². The van der Waals surface area contributed by atoms with Crippen molar-refractivity contribution in [3.8, 4) is 0 Å². The average molecular weight is 293 g/mol. The number of hydrogen-bond acceptors (Lipinski definition) is 5. The highest BCUT2D eigenvalue weighted by molar-refractivity contribution is 7.99. The minimum atomic E-state index is 0.533. The van der Waals surface area contributed by atoms with Crippen LogP contribution in [0.5, 0.6) is 0 Å². The summed E-state index contributed by atoms with van der Waals surface area (Å²) in [6, 6.07) is 5.66. The van der Waals surface area contributed by atoms with E-state index in [4.69, 9.17) is 11.6 Å². The van der Waals surface area contributed by atoms with Crippen LogP contribution in [0, 0.1) is 0 Å². The predicted octanol–water partition coefficient (Wildman–Crippen LogP) is 3.60. The number of rotatable bonds is 4. The highest BCUT2D eigenvalue weighted by Gasteiger charge is 2.27. The van der Waals surface area contributed by atoms with Gasteiger partial charge in [-0.25, -0.2) is 15.0 Å². The van der Waals surface area contributed by atoms with Gasteiger partial charge in [-0.05, 0) is 36.7 Å². The average Bonchev–Trinajstić information content (AvgIpc) is 3.25. The molecular formula is C13H13ClN4S. The van der Waals surface area contributed by atoms with Gasteiger partial charge in [-0.15, -0.1) is 0 Å². The van der Waals surface area contributed by atoms with Gasteiger partial charge in [-0.3, -0.25) is 0 Å². The first-order valence-electron chi connectivity index (χ1n) is 6.11. The molecule has 3 rings (SSSR count). The van der Waals surface area contributed by atoms with Gasteiger partial charge < -0.3 is 5.32 Å². The van der Waals surface area contributed by atoms with E-state index in [2.05, 4.69) is 20.3 Å². The molecule has 1 saturated carbocycles. The van der Waals surface area contributed by atoms with Crippen LogP contribution in [0.25, 0.3) is 0 Å². The molecule has 0 aromatic carbocycles. The lowest BCUT2D eigenvalue weighted by Crippen LogP contribution is -2.00. The predicted molar refractivity (Wildman–Crippen MR) is 76.9 cm³/mol. The molecule has 0 spiro atoms. The van der Waals surface area contributed by atoms with Gasteiger partial charge in [0.15, 0.2) is 0 Å². The van der Waals surface area contributed by atoms with Crippen LogP contribution in [0.3, 0.4) is 0 Å². The van der Waals surface area contributed by atoms with Gasteiger partial charge >= 0.3 is 0 Å². The normalized spacial score (nSPS) is 14.4. The fraction of sp³-hybridized carbons (Fsp3) is 0.308. The quantitative estimate of drug-likeness (QED) is 0.873. The van der Waals surface area contributed by atoms with Gasteiger partial charge in [0.1, 0.15) is 21.7 Å². The smallest absolute Gasteiger partial charge is 0.135 e. The summed E-state index contributed by atoms with van der Waals surface area (Å²) in [5.74, 6) is 2.32. The Balaban J connectivity index is 1.86. The van der Waals surface area contributed by atoms with Crippen LogP contribution in [0.2, 0.25) is 5.02 Å². The molecule has 0 aliphatic heterocycles. The first-order valence-corrected chi connectivity index (χ1v) is 7.30. The van der Waals surface area contributed by atoms with Crippen LogP contribution in [0.1, 0.15) is 24.6 Å². The second kappa shape index (κ2) is 5.35. The molecule has 1 fully saturated rings. The van der Waals surface area contributed by atoms with Crippen molar-refractivity contribution in [1.82, 2.24) is 15.0 Å². The van der Waals surface area contributed by atoms with Gasteiger partial charge in [0.05, 0.1) is 5.02 Å². The number of aromatic nitrogens is 3. The zero-order valence-electron chi connectivity index (χ0n) is 10.4. The van der Waals surface area contributed by atoms with Crippen LogP contribution in [0.4, 0.5) is 5.82 Å². The summed E-state index contributed by atoms with van der Waals surface area (Å²) in [7, 11) is 1.87. The van der Waals surface area contributed by atoms with Gasteiger partial charge in [-0.1, -0.05) is 11.6 Å². The number of pyridine rings is 1. The highest BCUT2D eigenvalue weighted by Crippen LogP contribution is 2.39. The third-order valence-electron chi connectivity index (χ3n) is 2.83. The molecule has 0 radical (unpaired) electrons. The molecule has 4 nitrogen and oxygen atoms in total. The van der Waals surface area contributed by atoms with Crippen LogP contribution in [0.15, 0.2) is 34.4 Å². The SMILES string of the molecule is CNc1cc(Sc2ccc(Cl)cn2)nc(C2CC2)n1. The fourth-order valence-corrected chi connectivity index (χ4v) is 2.55. The lowest BCUT2D eigenvalue weighted by atomic mass is 10.4. The highest BCUT2D eigenvalue weighted by atomic mass is 35.5. The monoisotopic (exact) mass is 292 g/mol. The summed E-state index contributed by atoms with van der Waals surface area (Å²) in [6.45, 7) is 0. The summed E-state index contributed by atoms with van der Waals surface area (Å²) in [6.07, 6.45) is 4.03. The molecule has 98 valence electrons. The molecule has 0 bridgehead atoms. The Hall–Kier alpha value is -1.33. The van der Waals surface area contributed by atoms with Crippen molar-refractivity contribution in [3.63, 3.8) is 0 Å². The summed E-state index contributed by atoms with van der Waals surface area (Å²) in [4.78, 5) is 13.4. The first kappa shape index (κ1) is 12.7. The molecule has 0 amide bonds. The zero-order chi connectivity index (χ0) is 13.2. The van der Waals surface area contributed by atoms with Crippen molar-refractivity contribution in [2.45, 2.75) is 28.8 Å². The minimum Gasteiger partial charge on any atom is -0.373 e. The maximum Gasteiger partial charge on any atom is 0.135 e. The van der Waals surface area contributed by atoms with E-state index in [-0.39, 0.29) is 0 Å². The molecular weight excluding hydrogens is 280 g/mol. The van der Waals surface area contributed by atoms with E-state index >= 15 is 0 Å². The number of nitrogens with one attached hydrogen (secondary N) is 1. The second-order valence-electron chi connectivity index (χ2n) is 4.39. The molecule has 0 unspecified atom stereocenters. The van der Waals surface area contributed by atoms with Gasteiger partial charge in [-0.2, -0.15) is 0 Å². The van der Waals surface area contributed by atoms with Crippen LogP contribution >= 0.6 is 23.4 Å². The van der Waals surface area contributed by atoms with Crippen molar-refractivity contribution in [2.24, 2.45) is 0 Å². The van der Waals surface area contributed by atoms with E-state index in [0.29, 0.717) is 10.9 Å². The summed E-state index contributed by atoms with van der Waals surface area (Å²) in [5.41, 5.74) is 0.